The molecule has 0 fully saturated rings. The minimum atomic E-state index is 0.146. The molecule has 3 rings (SSSR count). The summed E-state index contributed by atoms with van der Waals surface area (Å²) in [5, 5.41) is 14.3. The quantitative estimate of drug-likeness (QED) is 0.651. The van der Waals surface area contributed by atoms with Crippen LogP contribution in [0.3, 0.4) is 0 Å². The van der Waals surface area contributed by atoms with E-state index in [2.05, 4.69) is 32.0 Å². The number of nitrogens with zero attached hydrogens (tertiary/aromatic N) is 3. The molecule has 1 heterocycles. The third kappa shape index (κ3) is 2.81. The maximum atomic E-state index is 9.04. The fourth-order valence-electron chi connectivity index (χ4n) is 3.09. The van der Waals surface area contributed by atoms with E-state index in [1.165, 1.54) is 5.56 Å². The molecular formula is C20H18ClN3. The molecule has 1 aromatic heterocycles. The Bertz CT molecular complexity index is 920. The van der Waals surface area contributed by atoms with Gasteiger partial charge in [-0.25, -0.2) is 0 Å². The van der Waals surface area contributed by atoms with E-state index >= 15 is 0 Å². The van der Waals surface area contributed by atoms with Crippen LogP contribution in [0.15, 0.2) is 48.5 Å². The summed E-state index contributed by atoms with van der Waals surface area (Å²) in [6.07, 6.45) is 0. The summed E-state index contributed by atoms with van der Waals surface area (Å²) in [5.41, 5.74) is 5.80. The van der Waals surface area contributed by atoms with Crippen LogP contribution in [0.1, 0.15) is 35.5 Å². The standard InChI is InChI=1S/C20H18ClN3/c1-13-20(17-9-10-18(12-22)19(21)11-17)15(3)24(23-13)14(2)16-7-5-4-6-8-16/h4-11,14H,1-3H3. The summed E-state index contributed by atoms with van der Waals surface area (Å²) in [4.78, 5) is 0. The van der Waals surface area contributed by atoms with Gasteiger partial charge < -0.3 is 0 Å². The van der Waals surface area contributed by atoms with Gasteiger partial charge >= 0.3 is 0 Å². The Balaban J connectivity index is 2.07. The number of aryl methyl sites for hydroxylation is 1. The molecule has 3 nitrogen and oxygen atoms in total. The Labute approximate surface area is 147 Å². The highest BCUT2D eigenvalue weighted by atomic mass is 35.5. The number of halogens is 1. The van der Waals surface area contributed by atoms with Crippen LogP contribution in [0.5, 0.6) is 0 Å². The zero-order chi connectivity index (χ0) is 17.3. The topological polar surface area (TPSA) is 41.6 Å². The highest BCUT2D eigenvalue weighted by Crippen LogP contribution is 2.32. The van der Waals surface area contributed by atoms with Crippen molar-refractivity contribution in [3.05, 3.63) is 76.1 Å². The maximum absolute atomic E-state index is 9.04. The van der Waals surface area contributed by atoms with Gasteiger partial charge in [0.2, 0.25) is 0 Å². The van der Waals surface area contributed by atoms with Crippen LogP contribution >= 0.6 is 11.6 Å². The molecule has 120 valence electrons. The van der Waals surface area contributed by atoms with Gasteiger partial charge in [-0.3, -0.25) is 4.68 Å². The van der Waals surface area contributed by atoms with E-state index in [0.29, 0.717) is 10.6 Å². The van der Waals surface area contributed by atoms with E-state index in [9.17, 15) is 0 Å². The number of hydrogen-bond acceptors (Lipinski definition) is 2. The van der Waals surface area contributed by atoms with Gasteiger partial charge in [-0.05, 0) is 44.0 Å². The van der Waals surface area contributed by atoms with E-state index in [4.69, 9.17) is 22.0 Å². The molecule has 0 N–H and O–H groups in total. The zero-order valence-electron chi connectivity index (χ0n) is 13.9. The molecule has 0 spiro atoms. The highest BCUT2D eigenvalue weighted by molar-refractivity contribution is 6.32. The normalized spacial score (nSPS) is 12.0. The van der Waals surface area contributed by atoms with Crippen molar-refractivity contribution in [2.24, 2.45) is 0 Å². The molecule has 0 aliphatic rings. The largest absolute Gasteiger partial charge is 0.262 e. The average Bonchev–Trinajstić information content (AvgIpc) is 2.89. The van der Waals surface area contributed by atoms with Gasteiger partial charge in [-0.15, -0.1) is 0 Å². The molecule has 0 saturated carbocycles. The summed E-state index contributed by atoms with van der Waals surface area (Å²) >= 11 is 6.20. The van der Waals surface area contributed by atoms with E-state index in [0.717, 1.165) is 22.5 Å². The molecule has 3 aromatic rings. The van der Waals surface area contributed by atoms with Crippen molar-refractivity contribution in [3.8, 4) is 17.2 Å². The Morgan fingerprint density at radius 2 is 1.83 bits per heavy atom. The van der Waals surface area contributed by atoms with Gasteiger partial charge in [0.05, 0.1) is 22.3 Å². The summed E-state index contributed by atoms with van der Waals surface area (Å²) in [5.74, 6) is 0. The molecule has 0 bridgehead atoms. The van der Waals surface area contributed by atoms with Crippen LogP contribution in [-0.4, -0.2) is 9.78 Å². The second-order valence-corrected chi connectivity index (χ2v) is 6.29. The second-order valence-electron chi connectivity index (χ2n) is 5.88. The lowest BCUT2D eigenvalue weighted by molar-refractivity contribution is 0.546. The van der Waals surface area contributed by atoms with E-state index in [1.54, 1.807) is 6.07 Å². The summed E-state index contributed by atoms with van der Waals surface area (Å²) in [6, 6.07) is 18.1. The Kier molecular flexibility index (Phi) is 4.42. The van der Waals surface area contributed by atoms with Crippen LogP contribution in [0, 0.1) is 25.2 Å². The van der Waals surface area contributed by atoms with Crippen LogP contribution in [-0.2, 0) is 0 Å². The predicted octanol–water partition coefficient (Wildman–Crippen LogP) is 5.30. The van der Waals surface area contributed by atoms with Crippen LogP contribution in [0.4, 0.5) is 0 Å². The van der Waals surface area contributed by atoms with Gasteiger partial charge in [0.25, 0.3) is 0 Å². The molecule has 24 heavy (non-hydrogen) atoms. The van der Waals surface area contributed by atoms with E-state index in [1.807, 2.05) is 41.9 Å². The van der Waals surface area contributed by atoms with Crippen LogP contribution in [0.2, 0.25) is 5.02 Å². The van der Waals surface area contributed by atoms with E-state index < -0.39 is 0 Å². The Morgan fingerprint density at radius 1 is 1.12 bits per heavy atom. The molecule has 0 aliphatic heterocycles. The van der Waals surface area contributed by atoms with Crippen molar-refractivity contribution >= 4 is 11.6 Å². The van der Waals surface area contributed by atoms with E-state index in [-0.39, 0.29) is 6.04 Å². The van der Waals surface area contributed by atoms with Crippen molar-refractivity contribution in [1.82, 2.24) is 9.78 Å². The van der Waals surface area contributed by atoms with Crippen molar-refractivity contribution in [1.29, 1.82) is 5.26 Å². The molecular weight excluding hydrogens is 318 g/mol. The lowest BCUT2D eigenvalue weighted by atomic mass is 10.0. The predicted molar refractivity (Wildman–Crippen MR) is 97.1 cm³/mol. The van der Waals surface area contributed by atoms with Gasteiger partial charge in [0.1, 0.15) is 6.07 Å². The first-order chi connectivity index (χ1) is 11.5. The number of hydrogen-bond donors (Lipinski definition) is 0. The van der Waals surface area contributed by atoms with Crippen LogP contribution in [0.25, 0.3) is 11.1 Å². The third-order valence-corrected chi connectivity index (χ3v) is 4.66. The number of rotatable bonds is 3. The van der Waals surface area contributed by atoms with Crippen molar-refractivity contribution < 1.29 is 0 Å². The minimum absolute atomic E-state index is 0.146. The highest BCUT2D eigenvalue weighted by Gasteiger charge is 2.18. The van der Waals surface area contributed by atoms with Crippen molar-refractivity contribution in [2.45, 2.75) is 26.8 Å². The smallest absolute Gasteiger partial charge is 0.101 e. The van der Waals surface area contributed by atoms with Gasteiger partial charge in [0, 0.05) is 11.3 Å². The van der Waals surface area contributed by atoms with Gasteiger partial charge in [0.15, 0.2) is 0 Å². The summed E-state index contributed by atoms with van der Waals surface area (Å²) in [6.45, 7) is 6.22. The van der Waals surface area contributed by atoms with Crippen molar-refractivity contribution in [2.75, 3.05) is 0 Å². The second kappa shape index (κ2) is 6.51. The SMILES string of the molecule is Cc1nn(C(C)c2ccccc2)c(C)c1-c1ccc(C#N)c(Cl)c1. The van der Waals surface area contributed by atoms with Gasteiger partial charge in [-0.2, -0.15) is 10.4 Å². The lowest BCUT2D eigenvalue weighted by Gasteiger charge is -2.15. The average molecular weight is 336 g/mol. The molecule has 1 unspecified atom stereocenters. The fourth-order valence-corrected chi connectivity index (χ4v) is 3.31. The molecule has 0 aliphatic carbocycles. The molecule has 0 radical (unpaired) electrons. The van der Waals surface area contributed by atoms with Crippen LogP contribution < -0.4 is 0 Å². The first-order valence-corrected chi connectivity index (χ1v) is 8.21. The fraction of sp³-hybridized carbons (Fsp3) is 0.200. The first-order valence-electron chi connectivity index (χ1n) is 7.83. The molecule has 0 amide bonds. The number of nitriles is 1. The molecule has 1 atom stereocenters. The van der Waals surface area contributed by atoms with Crippen molar-refractivity contribution in [3.63, 3.8) is 0 Å². The third-order valence-electron chi connectivity index (χ3n) is 4.35. The van der Waals surface area contributed by atoms with Gasteiger partial charge in [-0.1, -0.05) is 48.0 Å². The lowest BCUT2D eigenvalue weighted by Crippen LogP contribution is -2.10. The first kappa shape index (κ1) is 16.3. The number of aromatic nitrogens is 2. The zero-order valence-corrected chi connectivity index (χ0v) is 14.7. The Morgan fingerprint density at radius 3 is 2.46 bits per heavy atom. The summed E-state index contributed by atoms with van der Waals surface area (Å²) < 4.78 is 2.05. The Hall–Kier alpha value is -2.57. The maximum Gasteiger partial charge on any atom is 0.101 e. The monoisotopic (exact) mass is 335 g/mol. The summed E-state index contributed by atoms with van der Waals surface area (Å²) in [7, 11) is 0. The molecule has 0 saturated heterocycles. The minimum Gasteiger partial charge on any atom is -0.262 e. The molecule has 2 aromatic carbocycles. The molecule has 4 heteroatoms. The number of benzene rings is 2.